The van der Waals surface area contributed by atoms with Crippen molar-refractivity contribution >= 4 is 11.8 Å². The van der Waals surface area contributed by atoms with Crippen molar-refractivity contribution in [1.82, 2.24) is 4.98 Å². The number of fused-ring (bicyclic) bond motifs is 1. The SMILES string of the molecule is COc1ccc([C@@H]2CC(=O)c3c([nH]c(C(=O)OCc4ccccc4)c3C)C2)cc1. The molecule has 4 rings (SSSR count). The molecule has 0 aliphatic heterocycles. The second-order valence-corrected chi connectivity index (χ2v) is 7.34. The van der Waals surface area contributed by atoms with Gasteiger partial charge in [0.1, 0.15) is 18.1 Å². The summed E-state index contributed by atoms with van der Waals surface area (Å²) in [5, 5.41) is 0. The third-order valence-electron chi connectivity index (χ3n) is 5.49. The number of aromatic nitrogens is 1. The van der Waals surface area contributed by atoms with Crippen LogP contribution in [0.25, 0.3) is 0 Å². The Bertz CT molecular complexity index is 1030. The Hall–Kier alpha value is -3.34. The Morgan fingerprint density at radius 1 is 1.07 bits per heavy atom. The zero-order valence-electron chi connectivity index (χ0n) is 16.5. The molecule has 1 aromatic heterocycles. The van der Waals surface area contributed by atoms with Crippen LogP contribution >= 0.6 is 0 Å². The zero-order valence-corrected chi connectivity index (χ0v) is 16.5. The van der Waals surface area contributed by atoms with Crippen LogP contribution < -0.4 is 4.74 Å². The van der Waals surface area contributed by atoms with Crippen LogP contribution in [0.15, 0.2) is 54.6 Å². The second kappa shape index (κ2) is 7.95. The number of hydrogen-bond donors (Lipinski definition) is 1. The maximum atomic E-state index is 12.8. The maximum Gasteiger partial charge on any atom is 0.355 e. The van der Waals surface area contributed by atoms with E-state index in [1.165, 1.54) is 0 Å². The summed E-state index contributed by atoms with van der Waals surface area (Å²) in [4.78, 5) is 28.6. The molecule has 0 unspecified atom stereocenters. The van der Waals surface area contributed by atoms with Gasteiger partial charge in [0, 0.05) is 17.7 Å². The van der Waals surface area contributed by atoms with Gasteiger partial charge in [-0.3, -0.25) is 4.79 Å². The highest BCUT2D eigenvalue weighted by Gasteiger charge is 2.32. The maximum absolute atomic E-state index is 12.8. The first-order chi connectivity index (χ1) is 14.1. The molecular weight excluding hydrogens is 366 g/mol. The third-order valence-corrected chi connectivity index (χ3v) is 5.49. The molecule has 1 aliphatic carbocycles. The van der Waals surface area contributed by atoms with E-state index in [4.69, 9.17) is 9.47 Å². The molecule has 0 bridgehead atoms. The van der Waals surface area contributed by atoms with Crippen molar-refractivity contribution in [3.8, 4) is 5.75 Å². The van der Waals surface area contributed by atoms with Crippen LogP contribution in [-0.2, 0) is 17.8 Å². The van der Waals surface area contributed by atoms with E-state index >= 15 is 0 Å². The van der Waals surface area contributed by atoms with Crippen LogP contribution in [0, 0.1) is 6.92 Å². The molecule has 1 heterocycles. The van der Waals surface area contributed by atoms with Crippen LogP contribution in [-0.4, -0.2) is 23.8 Å². The molecular formula is C24H23NO4. The number of ketones is 1. The number of benzene rings is 2. The summed E-state index contributed by atoms with van der Waals surface area (Å²) < 4.78 is 10.7. The van der Waals surface area contributed by atoms with Crippen molar-refractivity contribution in [1.29, 1.82) is 0 Å². The summed E-state index contributed by atoms with van der Waals surface area (Å²) in [6.07, 6.45) is 1.11. The molecule has 148 valence electrons. The first-order valence-electron chi connectivity index (χ1n) is 9.66. The van der Waals surface area contributed by atoms with E-state index in [-0.39, 0.29) is 18.3 Å². The van der Waals surface area contributed by atoms with Crippen LogP contribution in [0.2, 0.25) is 0 Å². The number of ether oxygens (including phenoxy) is 2. The monoisotopic (exact) mass is 389 g/mol. The summed E-state index contributed by atoms with van der Waals surface area (Å²) in [6.45, 7) is 2.01. The Morgan fingerprint density at radius 2 is 1.79 bits per heavy atom. The fourth-order valence-corrected chi connectivity index (χ4v) is 3.94. The minimum absolute atomic E-state index is 0.0583. The van der Waals surface area contributed by atoms with Crippen molar-refractivity contribution in [3.63, 3.8) is 0 Å². The van der Waals surface area contributed by atoms with Gasteiger partial charge in [-0.1, -0.05) is 42.5 Å². The Kier molecular flexibility index (Phi) is 5.21. The first kappa shape index (κ1) is 19.0. The van der Waals surface area contributed by atoms with E-state index in [1.807, 2.05) is 54.6 Å². The van der Waals surface area contributed by atoms with Crippen LogP contribution in [0.1, 0.15) is 55.6 Å². The lowest BCUT2D eigenvalue weighted by Gasteiger charge is -2.22. The van der Waals surface area contributed by atoms with E-state index in [1.54, 1.807) is 14.0 Å². The first-order valence-corrected chi connectivity index (χ1v) is 9.66. The molecule has 0 amide bonds. The molecule has 1 atom stereocenters. The lowest BCUT2D eigenvalue weighted by Crippen LogP contribution is -2.18. The summed E-state index contributed by atoms with van der Waals surface area (Å²) in [5.41, 5.74) is 4.51. The molecule has 0 fully saturated rings. The fraction of sp³-hybridized carbons (Fsp3) is 0.250. The zero-order chi connectivity index (χ0) is 20.4. The molecule has 3 aromatic rings. The number of Topliss-reactive ketones (excluding diaryl/α,β-unsaturated/α-hetero) is 1. The Labute approximate surface area is 169 Å². The van der Waals surface area contributed by atoms with Gasteiger partial charge in [0.05, 0.1) is 7.11 Å². The summed E-state index contributed by atoms with van der Waals surface area (Å²) in [5.74, 6) is 0.486. The number of methoxy groups -OCH3 is 1. The molecule has 1 N–H and O–H groups in total. The highest BCUT2D eigenvalue weighted by Crippen LogP contribution is 2.35. The number of hydrogen-bond acceptors (Lipinski definition) is 4. The topological polar surface area (TPSA) is 68.4 Å². The van der Waals surface area contributed by atoms with Gasteiger partial charge in [0.15, 0.2) is 5.78 Å². The Balaban J connectivity index is 1.53. The van der Waals surface area contributed by atoms with Crippen molar-refractivity contribution < 1.29 is 19.1 Å². The number of rotatable bonds is 5. The molecule has 5 nitrogen and oxygen atoms in total. The lowest BCUT2D eigenvalue weighted by atomic mass is 9.81. The number of nitrogens with one attached hydrogen (secondary N) is 1. The number of esters is 1. The van der Waals surface area contributed by atoms with Gasteiger partial charge in [-0.2, -0.15) is 0 Å². The number of H-pyrrole nitrogens is 1. The molecule has 0 radical (unpaired) electrons. The standard InChI is InChI=1S/C24H23NO4/c1-15-22-20(25-23(15)24(27)29-14-16-6-4-3-5-7-16)12-18(13-21(22)26)17-8-10-19(28-2)11-9-17/h3-11,18,25H,12-14H2,1-2H3/t18-/m0/s1. The van der Waals surface area contributed by atoms with E-state index in [0.29, 0.717) is 29.7 Å². The van der Waals surface area contributed by atoms with Gasteiger partial charge in [0.25, 0.3) is 0 Å². The molecule has 5 heteroatoms. The highest BCUT2D eigenvalue weighted by molar-refractivity contribution is 6.03. The highest BCUT2D eigenvalue weighted by atomic mass is 16.5. The van der Waals surface area contributed by atoms with Crippen molar-refractivity contribution in [3.05, 3.63) is 88.2 Å². The van der Waals surface area contributed by atoms with Gasteiger partial charge in [0.2, 0.25) is 0 Å². The molecule has 1 aliphatic rings. The number of carbonyl (C=O) groups is 2. The van der Waals surface area contributed by atoms with Gasteiger partial charge >= 0.3 is 5.97 Å². The molecule has 0 saturated heterocycles. The van der Waals surface area contributed by atoms with E-state index in [9.17, 15) is 9.59 Å². The van der Waals surface area contributed by atoms with E-state index in [0.717, 1.165) is 22.6 Å². The molecule has 0 saturated carbocycles. The second-order valence-electron chi connectivity index (χ2n) is 7.34. The lowest BCUT2D eigenvalue weighted by molar-refractivity contribution is 0.0465. The normalized spacial score (nSPS) is 15.7. The fourth-order valence-electron chi connectivity index (χ4n) is 3.94. The van der Waals surface area contributed by atoms with Gasteiger partial charge in [-0.05, 0) is 48.1 Å². The summed E-state index contributed by atoms with van der Waals surface area (Å²) in [6, 6.07) is 17.3. The van der Waals surface area contributed by atoms with E-state index in [2.05, 4.69) is 4.98 Å². The summed E-state index contributed by atoms with van der Waals surface area (Å²) in [7, 11) is 1.63. The quantitative estimate of drug-likeness (QED) is 0.648. The van der Waals surface area contributed by atoms with Gasteiger partial charge in [-0.15, -0.1) is 0 Å². The minimum Gasteiger partial charge on any atom is -0.497 e. The predicted octanol–water partition coefficient (Wildman–Crippen LogP) is 4.60. The average molecular weight is 389 g/mol. The number of aromatic amines is 1. The third kappa shape index (κ3) is 3.81. The summed E-state index contributed by atoms with van der Waals surface area (Å²) >= 11 is 0. The van der Waals surface area contributed by atoms with Gasteiger partial charge < -0.3 is 14.5 Å². The number of carbonyl (C=O) groups excluding carboxylic acids is 2. The van der Waals surface area contributed by atoms with Crippen LogP contribution in [0.3, 0.4) is 0 Å². The minimum atomic E-state index is -0.436. The smallest absolute Gasteiger partial charge is 0.355 e. The largest absolute Gasteiger partial charge is 0.497 e. The van der Waals surface area contributed by atoms with Crippen LogP contribution in [0.4, 0.5) is 0 Å². The van der Waals surface area contributed by atoms with Crippen molar-refractivity contribution in [2.24, 2.45) is 0 Å². The van der Waals surface area contributed by atoms with Crippen molar-refractivity contribution in [2.45, 2.75) is 32.3 Å². The van der Waals surface area contributed by atoms with Gasteiger partial charge in [-0.25, -0.2) is 4.79 Å². The van der Waals surface area contributed by atoms with Crippen LogP contribution in [0.5, 0.6) is 5.75 Å². The van der Waals surface area contributed by atoms with Crippen molar-refractivity contribution in [2.75, 3.05) is 7.11 Å². The molecule has 29 heavy (non-hydrogen) atoms. The average Bonchev–Trinajstić information content (AvgIpc) is 3.10. The predicted molar refractivity (Wildman–Crippen MR) is 109 cm³/mol. The Morgan fingerprint density at radius 3 is 2.48 bits per heavy atom. The molecule has 2 aromatic carbocycles. The molecule has 0 spiro atoms. The van der Waals surface area contributed by atoms with E-state index < -0.39 is 5.97 Å².